The number of rotatable bonds is 6. The third-order valence-corrected chi connectivity index (χ3v) is 8.37. The van der Waals surface area contributed by atoms with Gasteiger partial charge in [-0.25, -0.2) is 0 Å². The molecule has 4 rings (SSSR count). The van der Waals surface area contributed by atoms with Gasteiger partial charge < -0.3 is 15.3 Å². The van der Waals surface area contributed by atoms with Gasteiger partial charge in [0.25, 0.3) is 0 Å². The predicted octanol–water partition coefficient (Wildman–Crippen LogP) is 5.60. The van der Waals surface area contributed by atoms with Crippen LogP contribution >= 0.6 is 0 Å². The summed E-state index contributed by atoms with van der Waals surface area (Å²) < 4.78 is 22.8. The number of allylic oxidation sites excluding steroid dienone is 5. The summed E-state index contributed by atoms with van der Waals surface area (Å²) in [7, 11) is 0. The third kappa shape index (κ3) is 4.64. The van der Waals surface area contributed by atoms with Crippen LogP contribution in [0.25, 0.3) is 0 Å². The second kappa shape index (κ2) is 8.22. The highest BCUT2D eigenvalue weighted by atomic mass is 16.3. The highest BCUT2D eigenvalue weighted by Gasteiger charge is 2.56. The maximum Gasteiger partial charge on any atom is 0.0602 e. The lowest BCUT2D eigenvalue weighted by Crippen LogP contribution is -2.33. The van der Waals surface area contributed by atoms with Crippen molar-refractivity contribution in [3.63, 3.8) is 0 Å². The molecular formula is C27H42O3. The van der Waals surface area contributed by atoms with E-state index in [2.05, 4.69) is 25.2 Å². The van der Waals surface area contributed by atoms with E-state index in [4.69, 9.17) is 4.11 Å². The maximum absolute atomic E-state index is 10.4. The van der Waals surface area contributed by atoms with Gasteiger partial charge in [-0.05, 0) is 108 Å². The molecule has 0 aromatic carbocycles. The smallest absolute Gasteiger partial charge is 0.0602 e. The number of fused-ring (bicyclic) bond motifs is 1. The van der Waals surface area contributed by atoms with Crippen molar-refractivity contribution in [3.05, 3.63) is 34.9 Å². The summed E-state index contributed by atoms with van der Waals surface area (Å²) in [6.45, 7) is 1.54. The van der Waals surface area contributed by atoms with Crippen LogP contribution in [-0.4, -0.2) is 33.1 Å². The maximum atomic E-state index is 10.4. The highest BCUT2D eigenvalue weighted by Crippen LogP contribution is 2.67. The molecule has 3 heteroatoms. The first kappa shape index (κ1) is 18.7. The van der Waals surface area contributed by atoms with Crippen molar-refractivity contribution in [3.8, 4) is 0 Å². The molecule has 0 heterocycles. The molecule has 0 aliphatic heterocycles. The van der Waals surface area contributed by atoms with Crippen LogP contribution in [0, 0.1) is 16.7 Å². The van der Waals surface area contributed by atoms with E-state index >= 15 is 0 Å². The summed E-state index contributed by atoms with van der Waals surface area (Å²) in [5.41, 5.74) is 2.98. The number of hydrogen-bond donors (Lipinski definition) is 3. The molecule has 0 aromatic heterocycles. The first-order valence-electron chi connectivity index (χ1n) is 13.5. The van der Waals surface area contributed by atoms with Crippen LogP contribution in [-0.2, 0) is 0 Å². The van der Waals surface area contributed by atoms with Gasteiger partial charge in [0.1, 0.15) is 0 Å². The predicted molar refractivity (Wildman–Crippen MR) is 122 cm³/mol. The molecule has 3 saturated carbocycles. The van der Waals surface area contributed by atoms with Gasteiger partial charge in [0.15, 0.2) is 0 Å². The molecule has 0 radical (unpaired) electrons. The average Bonchev–Trinajstić information content (AvgIpc) is 3.37. The Labute approximate surface area is 187 Å². The second-order valence-electron chi connectivity index (χ2n) is 11.1. The molecule has 4 aliphatic carbocycles. The quantitative estimate of drug-likeness (QED) is 0.493. The van der Waals surface area contributed by atoms with E-state index in [0.29, 0.717) is 31.6 Å². The topological polar surface area (TPSA) is 60.7 Å². The monoisotopic (exact) mass is 417 g/mol. The number of hydrogen-bond acceptors (Lipinski definition) is 3. The molecule has 3 N–H and O–H groups in total. The Morgan fingerprint density at radius 2 is 1.93 bits per heavy atom. The van der Waals surface area contributed by atoms with Crippen molar-refractivity contribution in [2.75, 3.05) is 0 Å². The molecule has 0 amide bonds. The van der Waals surface area contributed by atoms with E-state index in [9.17, 15) is 15.3 Å². The molecule has 168 valence electrons. The Morgan fingerprint density at radius 1 is 1.20 bits per heavy atom. The minimum atomic E-state index is -2.34. The first-order valence-corrected chi connectivity index (χ1v) is 12.0. The number of aliphatic hydroxyl groups is 3. The lowest BCUT2D eigenvalue weighted by Gasteiger charge is -2.43. The fraction of sp³-hybridized carbons (Fsp3) is 0.778. The van der Waals surface area contributed by atoms with Crippen molar-refractivity contribution in [2.24, 2.45) is 16.7 Å². The van der Waals surface area contributed by atoms with Crippen LogP contribution in [0.2, 0.25) is 0 Å². The first-order chi connectivity index (χ1) is 15.4. The van der Waals surface area contributed by atoms with Crippen molar-refractivity contribution in [2.45, 2.75) is 116 Å². The standard InChI is InChI=1S/C27H42O3/c1-25(2,30)11-5-13-27(14-15-27)24-10-9-23-20(6-4-12-26(23,24)3)8-7-19-16-21(28)18-22(29)17-19/h7-8,10,21-23,28-30H,4-6,9,11-18H2,1-3H3/b19-7?,20-8+/t21-,22?,23?,26+/m1/s1/i1D3/t21-,22?,23?,25?,26+. The fourth-order valence-electron chi connectivity index (χ4n) is 6.75. The Bertz CT molecular complexity index is 822. The molecule has 3 fully saturated rings. The molecular weight excluding hydrogens is 372 g/mol. The van der Waals surface area contributed by atoms with Crippen LogP contribution in [0.1, 0.15) is 102 Å². The molecule has 0 saturated heterocycles. The molecule has 3 nitrogen and oxygen atoms in total. The molecule has 30 heavy (non-hydrogen) atoms. The van der Waals surface area contributed by atoms with Crippen LogP contribution in [0.4, 0.5) is 0 Å². The largest absolute Gasteiger partial charge is 0.393 e. The van der Waals surface area contributed by atoms with Gasteiger partial charge >= 0.3 is 0 Å². The van der Waals surface area contributed by atoms with E-state index in [-0.39, 0.29) is 10.8 Å². The molecule has 0 spiro atoms. The SMILES string of the molecule is [2H]C([2H])([2H])C(C)(O)CCCC1(C2=CCC3/C(=C/C=C4CC(O)C[C@H](O)C4)CCC[C@]23C)CC1. The Balaban J connectivity index is 1.44. The Kier molecular flexibility index (Phi) is 5.11. The summed E-state index contributed by atoms with van der Waals surface area (Å²) in [5, 5.41) is 30.4. The second-order valence-corrected chi connectivity index (χ2v) is 11.1. The lowest BCUT2D eigenvalue weighted by atomic mass is 9.61. The summed E-state index contributed by atoms with van der Waals surface area (Å²) in [5.74, 6) is 0.513. The van der Waals surface area contributed by atoms with Crippen LogP contribution in [0.5, 0.6) is 0 Å². The molecule has 5 atom stereocenters. The van der Waals surface area contributed by atoms with Gasteiger partial charge in [0.05, 0.1) is 17.8 Å². The van der Waals surface area contributed by atoms with Crippen LogP contribution < -0.4 is 0 Å². The van der Waals surface area contributed by atoms with Gasteiger partial charge in [0, 0.05) is 4.11 Å². The summed E-state index contributed by atoms with van der Waals surface area (Å²) in [4.78, 5) is 0. The van der Waals surface area contributed by atoms with E-state index in [0.717, 1.165) is 31.3 Å². The normalized spacial score (nSPS) is 42.1. The Morgan fingerprint density at radius 3 is 2.60 bits per heavy atom. The van der Waals surface area contributed by atoms with E-state index < -0.39 is 24.7 Å². The van der Waals surface area contributed by atoms with Crippen molar-refractivity contribution in [1.82, 2.24) is 0 Å². The fourth-order valence-corrected chi connectivity index (χ4v) is 6.75. The van der Waals surface area contributed by atoms with E-state index in [1.807, 2.05) is 0 Å². The number of aliphatic hydroxyl groups excluding tert-OH is 2. The van der Waals surface area contributed by atoms with Gasteiger partial charge in [-0.3, -0.25) is 0 Å². The van der Waals surface area contributed by atoms with Crippen LogP contribution in [0.15, 0.2) is 34.9 Å². The average molecular weight is 418 g/mol. The zero-order valence-corrected chi connectivity index (χ0v) is 18.8. The van der Waals surface area contributed by atoms with E-state index in [1.54, 1.807) is 5.57 Å². The summed E-state index contributed by atoms with van der Waals surface area (Å²) in [6, 6.07) is 0. The van der Waals surface area contributed by atoms with Gasteiger partial charge in [-0.2, -0.15) is 0 Å². The van der Waals surface area contributed by atoms with Crippen molar-refractivity contribution < 1.29 is 19.4 Å². The minimum absolute atomic E-state index is 0.164. The van der Waals surface area contributed by atoms with Gasteiger partial charge in [-0.1, -0.05) is 41.9 Å². The lowest BCUT2D eigenvalue weighted by molar-refractivity contribution is 0.0608. The van der Waals surface area contributed by atoms with Crippen LogP contribution in [0.3, 0.4) is 0 Å². The minimum Gasteiger partial charge on any atom is -0.393 e. The summed E-state index contributed by atoms with van der Waals surface area (Å²) >= 11 is 0. The highest BCUT2D eigenvalue weighted by molar-refractivity contribution is 5.39. The molecule has 0 aromatic rings. The Hall–Kier alpha value is -0.900. The van der Waals surface area contributed by atoms with Crippen molar-refractivity contribution >= 4 is 0 Å². The summed E-state index contributed by atoms with van der Waals surface area (Å²) in [6.07, 6.45) is 16.8. The third-order valence-electron chi connectivity index (χ3n) is 8.37. The zero-order chi connectivity index (χ0) is 24.1. The van der Waals surface area contributed by atoms with Gasteiger partial charge in [0.2, 0.25) is 0 Å². The molecule has 4 aliphatic rings. The van der Waals surface area contributed by atoms with Crippen molar-refractivity contribution in [1.29, 1.82) is 0 Å². The molecule has 3 unspecified atom stereocenters. The van der Waals surface area contributed by atoms with Gasteiger partial charge in [-0.15, -0.1) is 0 Å². The molecule has 0 bridgehead atoms. The van der Waals surface area contributed by atoms with E-state index in [1.165, 1.54) is 38.2 Å². The zero-order valence-electron chi connectivity index (χ0n) is 21.8.